The fraction of sp³-hybridized carbons (Fsp3) is 0.455. The van der Waals surface area contributed by atoms with Crippen molar-refractivity contribution in [1.82, 2.24) is 0 Å². The number of hydrogen-bond acceptors (Lipinski definition) is 3. The molecule has 0 radical (unpaired) electrons. The molecule has 98 valence electrons. The number of nitrogens with two attached hydrogens (primary N) is 1. The largest absolute Gasteiger partial charge is 0.435 e. The molecule has 17 heavy (non-hydrogen) atoms. The number of benzene rings is 1. The van der Waals surface area contributed by atoms with E-state index < -0.39 is 6.61 Å². The van der Waals surface area contributed by atoms with Gasteiger partial charge in [-0.25, -0.2) is 0 Å². The van der Waals surface area contributed by atoms with Crippen LogP contribution in [-0.2, 0) is 0 Å². The molecule has 0 aliphatic heterocycles. The van der Waals surface area contributed by atoms with Crippen LogP contribution in [0.15, 0.2) is 24.3 Å². The Morgan fingerprint density at radius 1 is 1.24 bits per heavy atom. The van der Waals surface area contributed by atoms with Crippen molar-refractivity contribution in [2.24, 2.45) is 5.73 Å². The van der Waals surface area contributed by atoms with Gasteiger partial charge in [-0.1, -0.05) is 12.1 Å². The molecule has 3 nitrogen and oxygen atoms in total. The van der Waals surface area contributed by atoms with Gasteiger partial charge in [0.2, 0.25) is 0 Å². The molecule has 0 fully saturated rings. The van der Waals surface area contributed by atoms with Crippen molar-refractivity contribution in [3.05, 3.63) is 29.8 Å². The number of aliphatic hydroxyl groups excluding tert-OH is 1. The first-order valence-electron chi connectivity index (χ1n) is 5.04. The summed E-state index contributed by atoms with van der Waals surface area (Å²) in [6.07, 6.45) is 1.28. The summed E-state index contributed by atoms with van der Waals surface area (Å²) in [6.45, 7) is -2.71. The minimum absolute atomic E-state index is 0. The van der Waals surface area contributed by atoms with Gasteiger partial charge in [-0.3, -0.25) is 0 Å². The maximum Gasteiger partial charge on any atom is 0.387 e. The second-order valence-electron chi connectivity index (χ2n) is 3.42. The molecule has 0 spiro atoms. The molecular weight excluding hydrogens is 252 g/mol. The highest BCUT2D eigenvalue weighted by atomic mass is 35.5. The van der Waals surface area contributed by atoms with Gasteiger partial charge in [0.25, 0.3) is 0 Å². The molecule has 1 atom stereocenters. The third-order valence-corrected chi connectivity index (χ3v) is 2.21. The number of rotatable bonds is 6. The highest BCUT2D eigenvalue weighted by Gasteiger charge is 2.07. The van der Waals surface area contributed by atoms with E-state index in [0.717, 1.165) is 5.56 Å². The quantitative estimate of drug-likeness (QED) is 0.833. The normalized spacial score (nSPS) is 12.1. The van der Waals surface area contributed by atoms with E-state index in [-0.39, 0.29) is 30.8 Å². The van der Waals surface area contributed by atoms with Gasteiger partial charge in [-0.05, 0) is 30.5 Å². The van der Waals surface area contributed by atoms with Crippen LogP contribution in [0, 0.1) is 0 Å². The number of hydrogen-bond donors (Lipinski definition) is 2. The fourth-order valence-electron chi connectivity index (χ4n) is 1.37. The minimum Gasteiger partial charge on any atom is -0.435 e. The molecule has 0 saturated carbocycles. The molecule has 0 aromatic heterocycles. The van der Waals surface area contributed by atoms with Crippen LogP contribution < -0.4 is 10.5 Å². The van der Waals surface area contributed by atoms with Gasteiger partial charge in [-0.2, -0.15) is 8.78 Å². The third-order valence-electron chi connectivity index (χ3n) is 2.21. The molecule has 0 saturated heterocycles. The van der Waals surface area contributed by atoms with Crippen molar-refractivity contribution in [2.45, 2.75) is 25.5 Å². The van der Waals surface area contributed by atoms with Gasteiger partial charge in [0, 0.05) is 12.6 Å². The SMILES string of the molecule is Cl.N[C@H](CCCO)c1ccc(OC(F)F)cc1. The topological polar surface area (TPSA) is 55.5 Å². The first-order chi connectivity index (χ1) is 7.63. The van der Waals surface area contributed by atoms with Gasteiger partial charge in [-0.15, -0.1) is 12.4 Å². The third kappa shape index (κ3) is 5.81. The van der Waals surface area contributed by atoms with Crippen LogP contribution in [0.3, 0.4) is 0 Å². The molecule has 1 aromatic rings. The number of ether oxygens (including phenoxy) is 1. The fourth-order valence-corrected chi connectivity index (χ4v) is 1.37. The summed E-state index contributed by atoms with van der Waals surface area (Å²) in [5.41, 5.74) is 6.67. The van der Waals surface area contributed by atoms with Crippen molar-refractivity contribution < 1.29 is 18.6 Å². The van der Waals surface area contributed by atoms with Crippen LogP contribution >= 0.6 is 12.4 Å². The lowest BCUT2D eigenvalue weighted by atomic mass is 10.0. The van der Waals surface area contributed by atoms with Gasteiger partial charge in [0.15, 0.2) is 0 Å². The van der Waals surface area contributed by atoms with E-state index in [0.29, 0.717) is 12.8 Å². The molecular formula is C11H16ClF2NO2. The first kappa shape index (κ1) is 16.1. The Morgan fingerprint density at radius 2 is 1.82 bits per heavy atom. The zero-order chi connectivity index (χ0) is 12.0. The van der Waals surface area contributed by atoms with Crippen LogP contribution in [-0.4, -0.2) is 18.3 Å². The van der Waals surface area contributed by atoms with Crippen molar-refractivity contribution >= 4 is 12.4 Å². The Kier molecular flexibility index (Phi) is 7.78. The predicted octanol–water partition coefficient (Wildman–Crippen LogP) is 2.48. The average Bonchev–Trinajstić information content (AvgIpc) is 2.26. The van der Waals surface area contributed by atoms with E-state index in [1.165, 1.54) is 12.1 Å². The van der Waals surface area contributed by atoms with E-state index in [1.54, 1.807) is 12.1 Å². The lowest BCUT2D eigenvalue weighted by molar-refractivity contribution is -0.0498. The predicted molar refractivity (Wildman–Crippen MR) is 63.6 cm³/mol. The Bertz CT molecular complexity index is 309. The highest BCUT2D eigenvalue weighted by Crippen LogP contribution is 2.20. The van der Waals surface area contributed by atoms with Gasteiger partial charge in [0.05, 0.1) is 0 Å². The van der Waals surface area contributed by atoms with Crippen molar-refractivity contribution in [3.63, 3.8) is 0 Å². The Balaban J connectivity index is 0.00000256. The zero-order valence-electron chi connectivity index (χ0n) is 9.18. The van der Waals surface area contributed by atoms with Crippen LogP contribution in [0.1, 0.15) is 24.4 Å². The van der Waals surface area contributed by atoms with E-state index >= 15 is 0 Å². The smallest absolute Gasteiger partial charge is 0.387 e. The van der Waals surface area contributed by atoms with Gasteiger partial charge < -0.3 is 15.6 Å². The van der Waals surface area contributed by atoms with E-state index in [9.17, 15) is 8.78 Å². The number of halogens is 3. The van der Waals surface area contributed by atoms with Gasteiger partial charge >= 0.3 is 6.61 Å². The second kappa shape index (κ2) is 8.22. The molecule has 0 aliphatic rings. The van der Waals surface area contributed by atoms with E-state index in [1.807, 2.05) is 0 Å². The van der Waals surface area contributed by atoms with Crippen LogP contribution in [0.2, 0.25) is 0 Å². The molecule has 3 N–H and O–H groups in total. The summed E-state index contributed by atoms with van der Waals surface area (Å²) in [5, 5.41) is 8.65. The monoisotopic (exact) mass is 267 g/mol. The highest BCUT2D eigenvalue weighted by molar-refractivity contribution is 5.85. The van der Waals surface area contributed by atoms with E-state index in [4.69, 9.17) is 10.8 Å². The van der Waals surface area contributed by atoms with Crippen LogP contribution in [0.25, 0.3) is 0 Å². The molecule has 6 heteroatoms. The molecule has 1 rings (SSSR count). The zero-order valence-corrected chi connectivity index (χ0v) is 10.00. The Hall–Kier alpha value is -0.910. The molecule has 0 unspecified atom stereocenters. The van der Waals surface area contributed by atoms with Crippen molar-refractivity contribution in [2.75, 3.05) is 6.61 Å². The van der Waals surface area contributed by atoms with Crippen LogP contribution in [0.4, 0.5) is 8.78 Å². The standard InChI is InChI=1S/C11H15F2NO2.ClH/c12-11(13)16-9-5-3-8(4-6-9)10(14)2-1-7-15;/h3-6,10-11,15H,1-2,7,14H2;1H/t10-;/m1./s1. The van der Waals surface area contributed by atoms with E-state index in [2.05, 4.69) is 4.74 Å². The number of aliphatic hydroxyl groups is 1. The Labute approximate surface area is 105 Å². The maximum absolute atomic E-state index is 11.9. The molecule has 1 aromatic carbocycles. The average molecular weight is 268 g/mol. The van der Waals surface area contributed by atoms with Gasteiger partial charge in [0.1, 0.15) is 5.75 Å². The second-order valence-corrected chi connectivity index (χ2v) is 3.42. The van der Waals surface area contributed by atoms with Crippen LogP contribution in [0.5, 0.6) is 5.75 Å². The minimum atomic E-state index is -2.81. The first-order valence-corrected chi connectivity index (χ1v) is 5.04. The maximum atomic E-state index is 11.9. The summed E-state index contributed by atoms with van der Waals surface area (Å²) in [7, 11) is 0. The summed E-state index contributed by atoms with van der Waals surface area (Å²) in [4.78, 5) is 0. The molecule has 0 aliphatic carbocycles. The lowest BCUT2D eigenvalue weighted by Crippen LogP contribution is -2.10. The molecule has 0 heterocycles. The van der Waals surface area contributed by atoms with Crippen molar-refractivity contribution in [1.29, 1.82) is 0 Å². The number of alkyl halides is 2. The summed E-state index contributed by atoms with van der Waals surface area (Å²) < 4.78 is 28.0. The van der Waals surface area contributed by atoms with Crippen molar-refractivity contribution in [3.8, 4) is 5.75 Å². The summed E-state index contributed by atoms with van der Waals surface area (Å²) >= 11 is 0. The Morgan fingerprint density at radius 3 is 2.29 bits per heavy atom. The summed E-state index contributed by atoms with van der Waals surface area (Å²) in [5.74, 6) is 0.119. The lowest BCUT2D eigenvalue weighted by Gasteiger charge is -2.12. The molecule has 0 bridgehead atoms. The summed E-state index contributed by atoms with van der Waals surface area (Å²) in [6, 6.07) is 6.04. The molecule has 0 amide bonds.